The van der Waals surface area contributed by atoms with Gasteiger partial charge in [-0.3, -0.25) is 4.98 Å². The molecule has 0 radical (unpaired) electrons. The van der Waals surface area contributed by atoms with Crippen LogP contribution in [-0.2, 0) is 0 Å². The topological polar surface area (TPSA) is 12.9 Å². The number of aryl methyl sites for hydroxylation is 1. The summed E-state index contributed by atoms with van der Waals surface area (Å²) >= 11 is 6.18. The van der Waals surface area contributed by atoms with Crippen LogP contribution in [-0.4, -0.2) is 4.98 Å². The molecule has 1 heterocycles. The molecule has 0 aliphatic rings. The molecule has 0 aliphatic carbocycles. The highest BCUT2D eigenvalue weighted by atomic mass is 35.5. The van der Waals surface area contributed by atoms with Crippen molar-refractivity contribution >= 4 is 11.6 Å². The Morgan fingerprint density at radius 2 is 1.48 bits per heavy atom. The summed E-state index contributed by atoms with van der Waals surface area (Å²) in [5.41, 5.74) is 1.61. The van der Waals surface area contributed by atoms with Gasteiger partial charge in [0.25, 0.3) is 0 Å². The molecule has 1 nitrogen and oxygen atoms in total. The SMILES string of the molecule is Cc1ncc(Cl)c(-c2c(F)cc(F)cc2F)c1-c1ccccc1. The summed E-state index contributed by atoms with van der Waals surface area (Å²) in [6, 6.07) is 10.3. The Balaban J connectivity index is 2.40. The number of hydrogen-bond acceptors (Lipinski definition) is 1. The molecular weight excluding hydrogens is 323 g/mol. The molecule has 0 unspecified atom stereocenters. The molecule has 0 amide bonds. The van der Waals surface area contributed by atoms with Crippen molar-refractivity contribution in [3.63, 3.8) is 0 Å². The van der Waals surface area contributed by atoms with Crippen LogP contribution in [0.1, 0.15) is 5.69 Å². The molecule has 1 aromatic heterocycles. The molecule has 3 aromatic rings. The fourth-order valence-electron chi connectivity index (χ4n) is 2.57. The zero-order valence-electron chi connectivity index (χ0n) is 12.1. The van der Waals surface area contributed by atoms with Crippen LogP contribution in [0, 0.1) is 24.4 Å². The highest BCUT2D eigenvalue weighted by Crippen LogP contribution is 2.41. The van der Waals surface area contributed by atoms with E-state index in [1.165, 1.54) is 6.20 Å². The summed E-state index contributed by atoms with van der Waals surface area (Å²) in [4.78, 5) is 4.17. The third-order valence-electron chi connectivity index (χ3n) is 3.54. The summed E-state index contributed by atoms with van der Waals surface area (Å²) in [6.07, 6.45) is 1.33. The Morgan fingerprint density at radius 1 is 0.870 bits per heavy atom. The van der Waals surface area contributed by atoms with Crippen LogP contribution in [0.4, 0.5) is 13.2 Å². The first kappa shape index (κ1) is 15.6. The molecule has 0 spiro atoms. The van der Waals surface area contributed by atoms with Gasteiger partial charge < -0.3 is 0 Å². The van der Waals surface area contributed by atoms with Crippen molar-refractivity contribution in [1.29, 1.82) is 0 Å². The summed E-state index contributed by atoms with van der Waals surface area (Å²) < 4.78 is 41.7. The van der Waals surface area contributed by atoms with Gasteiger partial charge in [-0.15, -0.1) is 0 Å². The minimum absolute atomic E-state index is 0.0962. The second-order valence-corrected chi connectivity index (χ2v) is 5.46. The van der Waals surface area contributed by atoms with Crippen molar-refractivity contribution in [2.75, 3.05) is 0 Å². The average Bonchev–Trinajstić information content (AvgIpc) is 2.50. The van der Waals surface area contributed by atoms with E-state index in [0.29, 0.717) is 23.4 Å². The average molecular weight is 334 g/mol. The molecule has 0 aliphatic heterocycles. The lowest BCUT2D eigenvalue weighted by Crippen LogP contribution is -1.99. The predicted octanol–water partition coefficient (Wildman–Crippen LogP) is 5.79. The molecule has 0 fully saturated rings. The Hall–Kier alpha value is -2.33. The van der Waals surface area contributed by atoms with E-state index in [1.807, 2.05) is 6.07 Å². The Kier molecular flexibility index (Phi) is 4.09. The second-order valence-electron chi connectivity index (χ2n) is 5.05. The Bertz CT molecular complexity index is 856. The minimum Gasteiger partial charge on any atom is -0.259 e. The van der Waals surface area contributed by atoms with Crippen molar-refractivity contribution in [1.82, 2.24) is 4.98 Å². The van der Waals surface area contributed by atoms with Crippen LogP contribution >= 0.6 is 11.6 Å². The van der Waals surface area contributed by atoms with Gasteiger partial charge >= 0.3 is 0 Å². The zero-order valence-corrected chi connectivity index (χ0v) is 12.8. The van der Waals surface area contributed by atoms with Crippen LogP contribution in [0.3, 0.4) is 0 Å². The minimum atomic E-state index is -1.01. The summed E-state index contributed by atoms with van der Waals surface area (Å²) in [5, 5.41) is 0.0962. The normalized spacial score (nSPS) is 10.8. The number of hydrogen-bond donors (Lipinski definition) is 0. The van der Waals surface area contributed by atoms with Crippen molar-refractivity contribution < 1.29 is 13.2 Å². The van der Waals surface area contributed by atoms with Crippen LogP contribution in [0.15, 0.2) is 48.7 Å². The van der Waals surface area contributed by atoms with Crippen LogP contribution < -0.4 is 0 Å². The first-order valence-corrected chi connectivity index (χ1v) is 7.22. The quantitative estimate of drug-likeness (QED) is 0.578. The molecule has 116 valence electrons. The Morgan fingerprint density at radius 3 is 2.09 bits per heavy atom. The van der Waals surface area contributed by atoms with Gasteiger partial charge in [0.05, 0.1) is 10.6 Å². The van der Waals surface area contributed by atoms with Gasteiger partial charge in [-0.25, -0.2) is 13.2 Å². The first-order valence-electron chi connectivity index (χ1n) is 6.84. The molecule has 2 aromatic carbocycles. The predicted molar refractivity (Wildman–Crippen MR) is 84.7 cm³/mol. The summed E-state index contributed by atoms with van der Waals surface area (Å²) in [7, 11) is 0. The van der Waals surface area contributed by atoms with E-state index in [2.05, 4.69) is 4.98 Å². The first-order chi connectivity index (χ1) is 11.0. The summed E-state index contributed by atoms with van der Waals surface area (Å²) in [5.74, 6) is -2.99. The lowest BCUT2D eigenvalue weighted by molar-refractivity contribution is 0.548. The molecule has 0 saturated carbocycles. The van der Waals surface area contributed by atoms with Gasteiger partial charge in [-0.2, -0.15) is 0 Å². The van der Waals surface area contributed by atoms with Crippen LogP contribution in [0.5, 0.6) is 0 Å². The van der Waals surface area contributed by atoms with Gasteiger partial charge in [0, 0.05) is 35.2 Å². The monoisotopic (exact) mass is 333 g/mol. The van der Waals surface area contributed by atoms with Crippen molar-refractivity contribution in [3.8, 4) is 22.3 Å². The number of aromatic nitrogens is 1. The maximum Gasteiger partial charge on any atom is 0.136 e. The molecule has 0 N–H and O–H groups in total. The molecule has 23 heavy (non-hydrogen) atoms. The van der Waals surface area contributed by atoms with Crippen LogP contribution in [0.25, 0.3) is 22.3 Å². The van der Waals surface area contributed by atoms with Gasteiger partial charge in [-0.05, 0) is 12.5 Å². The highest BCUT2D eigenvalue weighted by Gasteiger charge is 2.22. The van der Waals surface area contributed by atoms with E-state index in [1.54, 1.807) is 31.2 Å². The lowest BCUT2D eigenvalue weighted by Gasteiger charge is -2.15. The standard InChI is InChI=1S/C18H11ClF3N/c1-10-16(11-5-3-2-4-6-11)17(13(19)9-23-10)18-14(21)7-12(20)8-15(18)22/h2-9H,1H3. The third kappa shape index (κ3) is 2.82. The molecule has 0 atom stereocenters. The van der Waals surface area contributed by atoms with E-state index in [0.717, 1.165) is 5.56 Å². The number of halogens is 4. The summed E-state index contributed by atoms with van der Waals surface area (Å²) in [6.45, 7) is 1.72. The van der Waals surface area contributed by atoms with E-state index >= 15 is 0 Å². The maximum atomic E-state index is 14.2. The smallest absolute Gasteiger partial charge is 0.136 e. The van der Waals surface area contributed by atoms with Gasteiger partial charge in [0.15, 0.2) is 0 Å². The van der Waals surface area contributed by atoms with Crippen molar-refractivity contribution in [2.45, 2.75) is 6.92 Å². The number of nitrogens with zero attached hydrogens (tertiary/aromatic N) is 1. The fraction of sp³-hybridized carbons (Fsp3) is 0.0556. The number of pyridine rings is 1. The van der Waals surface area contributed by atoms with Crippen molar-refractivity contribution in [2.24, 2.45) is 0 Å². The third-order valence-corrected chi connectivity index (χ3v) is 3.83. The number of benzene rings is 2. The number of rotatable bonds is 2. The van der Waals surface area contributed by atoms with Gasteiger partial charge in [-0.1, -0.05) is 41.9 Å². The van der Waals surface area contributed by atoms with E-state index < -0.39 is 17.5 Å². The molecule has 0 bridgehead atoms. The van der Waals surface area contributed by atoms with Gasteiger partial charge in [0.1, 0.15) is 17.5 Å². The largest absolute Gasteiger partial charge is 0.259 e. The lowest BCUT2D eigenvalue weighted by atomic mass is 9.93. The maximum absolute atomic E-state index is 14.2. The highest BCUT2D eigenvalue weighted by molar-refractivity contribution is 6.34. The van der Waals surface area contributed by atoms with Crippen molar-refractivity contribution in [3.05, 3.63) is 76.8 Å². The molecule has 0 saturated heterocycles. The fourth-order valence-corrected chi connectivity index (χ4v) is 2.80. The second kappa shape index (κ2) is 6.05. The van der Waals surface area contributed by atoms with Crippen LogP contribution in [0.2, 0.25) is 5.02 Å². The van der Waals surface area contributed by atoms with E-state index in [-0.39, 0.29) is 16.1 Å². The molecule has 3 rings (SSSR count). The Labute approximate surface area is 136 Å². The van der Waals surface area contributed by atoms with Gasteiger partial charge in [0.2, 0.25) is 0 Å². The van der Waals surface area contributed by atoms with E-state index in [4.69, 9.17) is 11.6 Å². The zero-order chi connectivity index (χ0) is 16.6. The molecule has 5 heteroatoms. The molecular formula is C18H11ClF3N. The van der Waals surface area contributed by atoms with E-state index in [9.17, 15) is 13.2 Å².